The Hall–Kier alpha value is -0.500. The molecule has 1 unspecified atom stereocenters. The third-order valence-electron chi connectivity index (χ3n) is 3.05. The molecular formula is C16H25BrO. The first-order valence-electron chi connectivity index (χ1n) is 7.14. The van der Waals surface area contributed by atoms with E-state index in [4.69, 9.17) is 4.74 Å². The molecule has 0 aliphatic rings. The number of hydrogen-bond acceptors (Lipinski definition) is 1. The average Bonchev–Trinajstić information content (AvgIpc) is 2.39. The van der Waals surface area contributed by atoms with Gasteiger partial charge in [-0.2, -0.15) is 0 Å². The highest BCUT2D eigenvalue weighted by molar-refractivity contribution is 9.09. The van der Waals surface area contributed by atoms with Crippen LogP contribution in [-0.4, -0.2) is 6.61 Å². The predicted molar refractivity (Wildman–Crippen MR) is 82.7 cm³/mol. The molecule has 1 nitrogen and oxygen atoms in total. The number of alkyl halides is 1. The Labute approximate surface area is 120 Å². The lowest BCUT2D eigenvalue weighted by Crippen LogP contribution is -1.97. The van der Waals surface area contributed by atoms with E-state index in [1.807, 2.05) is 0 Å². The standard InChI is InChI=1S/C16H25BrO/c1-3-5-6-7-13-18-15-11-9-14(10-12-15)16(17)8-4-2/h9-12,16H,3-8,13H2,1-2H3. The van der Waals surface area contributed by atoms with Crippen molar-refractivity contribution in [3.63, 3.8) is 0 Å². The largest absolute Gasteiger partial charge is 0.494 e. The third-order valence-corrected chi connectivity index (χ3v) is 4.04. The first kappa shape index (κ1) is 15.6. The van der Waals surface area contributed by atoms with Crippen LogP contribution in [0.2, 0.25) is 0 Å². The molecule has 1 aromatic carbocycles. The van der Waals surface area contributed by atoms with Crippen LogP contribution < -0.4 is 4.74 Å². The maximum atomic E-state index is 5.73. The minimum atomic E-state index is 0.473. The summed E-state index contributed by atoms with van der Waals surface area (Å²) in [6.07, 6.45) is 7.40. The number of unbranched alkanes of at least 4 members (excludes halogenated alkanes) is 3. The Bertz CT molecular complexity index is 307. The van der Waals surface area contributed by atoms with E-state index in [2.05, 4.69) is 54.0 Å². The van der Waals surface area contributed by atoms with Crippen LogP contribution in [0.15, 0.2) is 24.3 Å². The fourth-order valence-electron chi connectivity index (χ4n) is 1.91. The van der Waals surface area contributed by atoms with Crippen LogP contribution in [0.5, 0.6) is 5.75 Å². The van der Waals surface area contributed by atoms with Crippen LogP contribution >= 0.6 is 15.9 Å². The lowest BCUT2D eigenvalue weighted by molar-refractivity contribution is 0.305. The van der Waals surface area contributed by atoms with Gasteiger partial charge in [0.15, 0.2) is 0 Å². The summed E-state index contributed by atoms with van der Waals surface area (Å²) in [6, 6.07) is 8.49. The van der Waals surface area contributed by atoms with Gasteiger partial charge in [-0.1, -0.05) is 67.6 Å². The minimum Gasteiger partial charge on any atom is -0.494 e. The number of rotatable bonds is 9. The van der Waals surface area contributed by atoms with Crippen LogP contribution in [0.4, 0.5) is 0 Å². The SMILES string of the molecule is CCCCCCOc1ccc(C(Br)CCC)cc1. The Kier molecular flexibility index (Phi) is 8.15. The van der Waals surface area contributed by atoms with Crippen molar-refractivity contribution < 1.29 is 4.74 Å². The van der Waals surface area contributed by atoms with Crippen LogP contribution in [0, 0.1) is 0 Å². The second-order valence-corrected chi connectivity index (χ2v) is 5.84. The zero-order valence-corrected chi connectivity index (χ0v) is 13.2. The van der Waals surface area contributed by atoms with Crippen molar-refractivity contribution in [1.29, 1.82) is 0 Å². The van der Waals surface area contributed by atoms with Gasteiger partial charge in [-0.05, 0) is 30.5 Å². The molecule has 1 aromatic rings. The molecule has 2 heteroatoms. The van der Waals surface area contributed by atoms with E-state index in [-0.39, 0.29) is 0 Å². The Morgan fingerprint density at radius 3 is 2.33 bits per heavy atom. The molecule has 0 saturated carbocycles. The fourth-order valence-corrected chi connectivity index (χ4v) is 2.67. The van der Waals surface area contributed by atoms with E-state index < -0.39 is 0 Å². The molecule has 0 saturated heterocycles. The van der Waals surface area contributed by atoms with E-state index in [9.17, 15) is 0 Å². The van der Waals surface area contributed by atoms with Gasteiger partial charge in [0.05, 0.1) is 6.61 Å². The van der Waals surface area contributed by atoms with Gasteiger partial charge in [-0.3, -0.25) is 0 Å². The Balaban J connectivity index is 2.31. The molecule has 0 N–H and O–H groups in total. The second-order valence-electron chi connectivity index (χ2n) is 4.73. The molecule has 0 aromatic heterocycles. The third kappa shape index (κ3) is 5.90. The highest BCUT2D eigenvalue weighted by atomic mass is 79.9. The summed E-state index contributed by atoms with van der Waals surface area (Å²) in [5.74, 6) is 0.992. The summed E-state index contributed by atoms with van der Waals surface area (Å²) < 4.78 is 5.73. The van der Waals surface area contributed by atoms with E-state index in [0.29, 0.717) is 4.83 Å². The second kappa shape index (κ2) is 9.43. The van der Waals surface area contributed by atoms with Crippen molar-refractivity contribution in [3.05, 3.63) is 29.8 Å². The van der Waals surface area contributed by atoms with Crippen molar-refractivity contribution in [2.75, 3.05) is 6.61 Å². The van der Waals surface area contributed by atoms with Crippen molar-refractivity contribution in [3.8, 4) is 5.75 Å². The monoisotopic (exact) mass is 312 g/mol. The molecule has 0 radical (unpaired) electrons. The molecule has 1 rings (SSSR count). The Morgan fingerprint density at radius 2 is 1.72 bits per heavy atom. The summed E-state index contributed by atoms with van der Waals surface area (Å²) in [6.45, 7) is 5.28. The van der Waals surface area contributed by atoms with Crippen molar-refractivity contribution in [2.45, 2.75) is 57.2 Å². The number of hydrogen-bond donors (Lipinski definition) is 0. The molecule has 0 aliphatic heterocycles. The van der Waals surface area contributed by atoms with Gasteiger partial charge in [-0.25, -0.2) is 0 Å². The van der Waals surface area contributed by atoms with Gasteiger partial charge in [0.1, 0.15) is 5.75 Å². The molecule has 0 amide bonds. The van der Waals surface area contributed by atoms with E-state index in [1.165, 1.54) is 37.7 Å². The van der Waals surface area contributed by atoms with Gasteiger partial charge in [0.2, 0.25) is 0 Å². The summed E-state index contributed by atoms with van der Waals surface area (Å²) in [7, 11) is 0. The van der Waals surface area contributed by atoms with Crippen molar-refractivity contribution in [1.82, 2.24) is 0 Å². The van der Waals surface area contributed by atoms with Gasteiger partial charge >= 0.3 is 0 Å². The molecule has 0 aliphatic carbocycles. The van der Waals surface area contributed by atoms with E-state index >= 15 is 0 Å². The van der Waals surface area contributed by atoms with Gasteiger partial charge in [0.25, 0.3) is 0 Å². The van der Waals surface area contributed by atoms with Crippen molar-refractivity contribution >= 4 is 15.9 Å². The molecule has 102 valence electrons. The molecule has 1 atom stereocenters. The zero-order valence-electron chi connectivity index (χ0n) is 11.6. The first-order chi connectivity index (χ1) is 8.77. The molecule has 0 bridgehead atoms. The number of benzene rings is 1. The van der Waals surface area contributed by atoms with E-state index in [1.54, 1.807) is 0 Å². The maximum absolute atomic E-state index is 5.73. The smallest absolute Gasteiger partial charge is 0.119 e. The van der Waals surface area contributed by atoms with Gasteiger partial charge in [-0.15, -0.1) is 0 Å². The lowest BCUT2D eigenvalue weighted by Gasteiger charge is -2.10. The topological polar surface area (TPSA) is 9.23 Å². The average molecular weight is 313 g/mol. The highest BCUT2D eigenvalue weighted by Gasteiger charge is 2.05. The first-order valence-corrected chi connectivity index (χ1v) is 8.06. The summed E-state index contributed by atoms with van der Waals surface area (Å²) in [4.78, 5) is 0.473. The highest BCUT2D eigenvalue weighted by Crippen LogP contribution is 2.28. The van der Waals surface area contributed by atoms with Crippen LogP contribution in [0.3, 0.4) is 0 Å². The molecule has 0 fully saturated rings. The van der Waals surface area contributed by atoms with Gasteiger partial charge < -0.3 is 4.74 Å². The minimum absolute atomic E-state index is 0.473. The molecule has 0 heterocycles. The quantitative estimate of drug-likeness (QED) is 0.408. The van der Waals surface area contributed by atoms with Crippen LogP contribution in [0.1, 0.15) is 62.8 Å². The fraction of sp³-hybridized carbons (Fsp3) is 0.625. The summed E-state index contributed by atoms with van der Waals surface area (Å²) >= 11 is 3.71. The molecule has 0 spiro atoms. The molecule has 18 heavy (non-hydrogen) atoms. The van der Waals surface area contributed by atoms with Crippen LogP contribution in [0.25, 0.3) is 0 Å². The normalized spacial score (nSPS) is 12.4. The number of halogens is 1. The van der Waals surface area contributed by atoms with Gasteiger partial charge in [0, 0.05) is 4.83 Å². The zero-order chi connectivity index (χ0) is 13.2. The lowest BCUT2D eigenvalue weighted by atomic mass is 10.1. The number of ether oxygens (including phenoxy) is 1. The van der Waals surface area contributed by atoms with E-state index in [0.717, 1.165) is 18.8 Å². The summed E-state index contributed by atoms with van der Waals surface area (Å²) in [5.41, 5.74) is 1.34. The maximum Gasteiger partial charge on any atom is 0.119 e. The summed E-state index contributed by atoms with van der Waals surface area (Å²) in [5, 5.41) is 0. The van der Waals surface area contributed by atoms with Crippen LogP contribution in [-0.2, 0) is 0 Å². The Morgan fingerprint density at radius 1 is 1.00 bits per heavy atom. The van der Waals surface area contributed by atoms with Crippen molar-refractivity contribution in [2.24, 2.45) is 0 Å². The predicted octanol–water partition coefficient (Wildman–Crippen LogP) is 5.88. The molecular weight excluding hydrogens is 288 g/mol.